The van der Waals surface area contributed by atoms with E-state index in [1.807, 2.05) is 0 Å². The van der Waals surface area contributed by atoms with Crippen molar-refractivity contribution in [2.45, 2.75) is 64.2 Å². The van der Waals surface area contributed by atoms with Gasteiger partial charge in [-0.3, -0.25) is 0 Å². The van der Waals surface area contributed by atoms with Crippen LogP contribution < -0.4 is 0 Å². The zero-order chi connectivity index (χ0) is 10.9. The zero-order valence-corrected chi connectivity index (χ0v) is 10.2. The highest BCUT2D eigenvalue weighted by Gasteiger charge is 2.24. The molecule has 0 bridgehead atoms. The summed E-state index contributed by atoms with van der Waals surface area (Å²) < 4.78 is 3.75. The summed E-state index contributed by atoms with van der Waals surface area (Å²) in [5.74, 6) is 2.28. The molecule has 2 heteroatoms. The lowest BCUT2D eigenvalue weighted by molar-refractivity contribution is 0.196. The van der Waals surface area contributed by atoms with Crippen LogP contribution in [0.3, 0.4) is 0 Å². The van der Waals surface area contributed by atoms with Crippen molar-refractivity contribution < 1.29 is 4.65 Å². The molecule has 0 atom stereocenters. The molecule has 0 aliphatic heterocycles. The normalized spacial score (nSPS) is 24.3. The van der Waals surface area contributed by atoms with Crippen LogP contribution in [0.15, 0.2) is 0 Å². The van der Waals surface area contributed by atoms with Crippen molar-refractivity contribution in [1.29, 1.82) is 0 Å². The van der Waals surface area contributed by atoms with E-state index in [9.17, 15) is 0 Å². The van der Waals surface area contributed by atoms with Gasteiger partial charge in [-0.15, -0.1) is 0 Å². The molecule has 86 valence electrons. The van der Waals surface area contributed by atoms with E-state index >= 15 is 0 Å². The van der Waals surface area contributed by atoms with Gasteiger partial charge in [0.1, 0.15) is 0 Å². The van der Waals surface area contributed by atoms with Gasteiger partial charge in [0.05, 0.1) is 0 Å². The maximum absolute atomic E-state index is 4.35. The van der Waals surface area contributed by atoms with Gasteiger partial charge in [0, 0.05) is 7.11 Å². The molecule has 0 aromatic heterocycles. The Kier molecular flexibility index (Phi) is 7.16. The lowest BCUT2D eigenvalue weighted by Gasteiger charge is -2.32. The second-order valence-corrected chi connectivity index (χ2v) is 5.03. The quantitative estimate of drug-likeness (QED) is 0.594. The third kappa shape index (κ3) is 5.06. The summed E-state index contributed by atoms with van der Waals surface area (Å²) in [5.41, 5.74) is 0. The fourth-order valence-corrected chi connectivity index (χ4v) is 3.21. The van der Waals surface area contributed by atoms with Crippen molar-refractivity contribution in [2.24, 2.45) is 11.8 Å². The fourth-order valence-electron chi connectivity index (χ4n) is 3.21. The Bertz CT molecular complexity index is 121. The van der Waals surface area contributed by atoms with E-state index in [-0.39, 0.29) is 0 Å². The molecule has 0 heterocycles. The van der Waals surface area contributed by atoms with Gasteiger partial charge >= 0.3 is 0 Å². The predicted molar refractivity (Wildman–Crippen MR) is 65.9 cm³/mol. The highest BCUT2D eigenvalue weighted by atomic mass is 16.4. The van der Waals surface area contributed by atoms with Crippen LogP contribution in [0.1, 0.15) is 64.2 Å². The first-order chi connectivity index (χ1) is 7.38. The first-order valence-corrected chi connectivity index (χ1v) is 6.61. The summed E-state index contributed by atoms with van der Waals surface area (Å²) in [4.78, 5) is 0. The average Bonchev–Trinajstić information content (AvgIpc) is 2.32. The van der Waals surface area contributed by atoms with Gasteiger partial charge in [-0.1, -0.05) is 64.2 Å². The lowest BCUT2D eigenvalue weighted by Crippen LogP contribution is -2.20. The third-order valence-electron chi connectivity index (χ3n) is 3.97. The van der Waals surface area contributed by atoms with Crippen LogP contribution in [0.2, 0.25) is 0 Å². The molecule has 15 heavy (non-hydrogen) atoms. The van der Waals surface area contributed by atoms with Crippen LogP contribution in [0.5, 0.6) is 0 Å². The lowest BCUT2D eigenvalue weighted by atomic mass is 9.73. The summed E-state index contributed by atoms with van der Waals surface area (Å²) in [6, 6.07) is 0. The molecule has 0 amide bonds. The molecule has 2 aliphatic rings. The van der Waals surface area contributed by atoms with E-state index in [1.54, 1.807) is 25.7 Å². The first-order valence-electron chi connectivity index (χ1n) is 6.61. The summed E-state index contributed by atoms with van der Waals surface area (Å²) >= 11 is 0. The summed E-state index contributed by atoms with van der Waals surface area (Å²) in [5, 5.41) is 0. The second kappa shape index (κ2) is 8.21. The Hall–Kier alpha value is 0.0249. The van der Waals surface area contributed by atoms with E-state index < -0.39 is 0 Å². The van der Waals surface area contributed by atoms with Crippen molar-refractivity contribution in [1.82, 2.24) is 0 Å². The monoisotopic (exact) mass is 208 g/mol. The Morgan fingerprint density at radius 1 is 0.733 bits per heavy atom. The van der Waals surface area contributed by atoms with Crippen LogP contribution >= 0.6 is 0 Å². The average molecular weight is 208 g/mol. The Balaban J connectivity index is 0.000000337. The molecule has 2 aliphatic carbocycles. The second-order valence-electron chi connectivity index (χ2n) is 5.03. The maximum atomic E-state index is 4.35. The molecule has 2 rings (SSSR count). The SMILES string of the molecule is C1CCC(C2CCCCC2)CC1.[B]OC. The zero-order valence-electron chi connectivity index (χ0n) is 10.2. The molecule has 0 unspecified atom stereocenters. The van der Waals surface area contributed by atoms with Crippen LogP contribution in [0.25, 0.3) is 0 Å². The minimum absolute atomic E-state index is 1.14. The number of hydrogen-bond acceptors (Lipinski definition) is 1. The van der Waals surface area contributed by atoms with Gasteiger partial charge in [0.15, 0.2) is 0 Å². The summed E-state index contributed by atoms with van der Waals surface area (Å²) in [6.07, 6.45) is 15.4. The minimum atomic E-state index is 1.14. The molecule has 2 fully saturated rings. The highest BCUT2D eigenvalue weighted by Crippen LogP contribution is 2.37. The Morgan fingerprint density at radius 2 is 1.00 bits per heavy atom. The van der Waals surface area contributed by atoms with Gasteiger partial charge in [-0.05, 0) is 11.8 Å². The topological polar surface area (TPSA) is 9.23 Å². The van der Waals surface area contributed by atoms with Crippen molar-refractivity contribution in [3.05, 3.63) is 0 Å². The molecule has 0 spiro atoms. The van der Waals surface area contributed by atoms with Crippen molar-refractivity contribution in [3.8, 4) is 0 Å². The van der Waals surface area contributed by atoms with E-state index in [1.165, 1.54) is 45.6 Å². The van der Waals surface area contributed by atoms with Crippen molar-refractivity contribution in [3.63, 3.8) is 0 Å². The van der Waals surface area contributed by atoms with Crippen molar-refractivity contribution in [2.75, 3.05) is 7.11 Å². The molecular weight excluding hydrogens is 183 g/mol. The Morgan fingerprint density at radius 3 is 1.27 bits per heavy atom. The fraction of sp³-hybridized carbons (Fsp3) is 1.00. The van der Waals surface area contributed by atoms with E-state index in [4.69, 9.17) is 0 Å². The van der Waals surface area contributed by atoms with Gasteiger partial charge in [0.2, 0.25) is 0 Å². The van der Waals surface area contributed by atoms with E-state index in [0.717, 1.165) is 11.8 Å². The van der Waals surface area contributed by atoms with E-state index in [0.29, 0.717) is 0 Å². The molecule has 0 saturated heterocycles. The molecule has 0 aromatic carbocycles. The summed E-state index contributed by atoms with van der Waals surface area (Å²) in [6.45, 7) is 0. The number of rotatable bonds is 1. The minimum Gasteiger partial charge on any atom is -0.450 e. The molecule has 1 nitrogen and oxygen atoms in total. The first kappa shape index (κ1) is 13.1. The van der Waals surface area contributed by atoms with Crippen LogP contribution in [-0.4, -0.2) is 15.2 Å². The molecule has 2 saturated carbocycles. The summed E-state index contributed by atoms with van der Waals surface area (Å²) in [7, 11) is 5.75. The molecular formula is C13H25BO. The van der Waals surface area contributed by atoms with Crippen molar-refractivity contribution >= 4 is 8.05 Å². The number of hydrogen-bond donors (Lipinski definition) is 0. The smallest absolute Gasteiger partial charge is 0.282 e. The predicted octanol–water partition coefficient (Wildman–Crippen LogP) is 3.86. The third-order valence-corrected chi connectivity index (χ3v) is 3.97. The van der Waals surface area contributed by atoms with Gasteiger partial charge in [-0.25, -0.2) is 0 Å². The van der Waals surface area contributed by atoms with Crippen LogP contribution in [0, 0.1) is 11.8 Å². The molecule has 0 N–H and O–H groups in total. The van der Waals surface area contributed by atoms with Gasteiger partial charge in [-0.2, -0.15) is 0 Å². The van der Waals surface area contributed by atoms with Crippen LogP contribution in [-0.2, 0) is 4.65 Å². The largest absolute Gasteiger partial charge is 0.450 e. The van der Waals surface area contributed by atoms with Gasteiger partial charge in [0.25, 0.3) is 8.05 Å². The molecule has 0 aromatic rings. The molecule has 2 radical (unpaired) electrons. The van der Waals surface area contributed by atoms with Gasteiger partial charge < -0.3 is 4.65 Å². The Labute approximate surface area is 96.4 Å². The highest BCUT2D eigenvalue weighted by molar-refractivity contribution is 5.97. The standard InChI is InChI=1S/C12H22.CH3BO/c1-3-7-11(8-4-1)12-9-5-2-6-10-12;1-3-2/h11-12H,1-10H2;1H3. The van der Waals surface area contributed by atoms with Crippen LogP contribution in [0.4, 0.5) is 0 Å². The maximum Gasteiger partial charge on any atom is 0.282 e. The van der Waals surface area contributed by atoms with E-state index in [2.05, 4.69) is 12.7 Å².